The van der Waals surface area contributed by atoms with Crippen LogP contribution in [-0.4, -0.2) is 48.0 Å². The number of pyridine rings is 2. The Hall–Kier alpha value is -4.65. The van der Waals surface area contributed by atoms with E-state index in [1.54, 1.807) is 36.5 Å². The number of likely N-dealkylation sites (N-methyl/N-ethyl adjacent to an activating group) is 1. The van der Waals surface area contributed by atoms with Crippen LogP contribution in [0.5, 0.6) is 11.5 Å². The number of fused-ring (bicyclic) bond motifs is 1. The molecule has 2 aromatic carbocycles. The highest BCUT2D eigenvalue weighted by atomic mass is 35.5. The van der Waals surface area contributed by atoms with Gasteiger partial charge in [-0.3, -0.25) is 14.8 Å². The van der Waals surface area contributed by atoms with Crippen molar-refractivity contribution >= 4 is 45.5 Å². The van der Waals surface area contributed by atoms with Gasteiger partial charge < -0.3 is 25.0 Å². The number of aromatic nitrogens is 2. The Bertz CT molecular complexity index is 1700. The van der Waals surface area contributed by atoms with Crippen molar-refractivity contribution in [3.8, 4) is 17.6 Å². The van der Waals surface area contributed by atoms with Crippen LogP contribution in [0.3, 0.4) is 0 Å². The van der Waals surface area contributed by atoms with Crippen LogP contribution in [0.4, 0.5) is 17.1 Å². The average molecular weight is 613 g/mol. The second-order valence-corrected chi connectivity index (χ2v) is 10.7. The molecule has 4 rings (SSSR count). The number of anilines is 3. The van der Waals surface area contributed by atoms with E-state index in [1.165, 1.54) is 6.08 Å². The fourth-order valence-corrected chi connectivity index (χ4v) is 4.75. The number of rotatable bonds is 13. The lowest BCUT2D eigenvalue weighted by molar-refractivity contribution is -0.111. The van der Waals surface area contributed by atoms with Gasteiger partial charge in [-0.15, -0.1) is 0 Å². The van der Waals surface area contributed by atoms with E-state index in [1.807, 2.05) is 51.0 Å². The number of carbonyl (C=O) groups is 1. The molecule has 2 heterocycles. The van der Waals surface area contributed by atoms with Gasteiger partial charge in [0.05, 0.1) is 39.8 Å². The highest BCUT2D eigenvalue weighted by Gasteiger charge is 2.19. The molecule has 0 atom stereocenters. The maximum atomic E-state index is 12.7. The first-order chi connectivity index (χ1) is 21.3. The van der Waals surface area contributed by atoms with Gasteiger partial charge in [-0.25, -0.2) is 0 Å². The zero-order valence-corrected chi connectivity index (χ0v) is 26.5. The first-order valence-corrected chi connectivity index (χ1v) is 14.9. The third-order valence-corrected chi connectivity index (χ3v) is 7.04. The Morgan fingerprint density at radius 2 is 1.89 bits per heavy atom. The van der Waals surface area contributed by atoms with Crippen molar-refractivity contribution in [3.05, 3.63) is 88.4 Å². The minimum Gasteiger partial charge on any atom is -0.492 e. The van der Waals surface area contributed by atoms with Crippen LogP contribution in [0.25, 0.3) is 10.9 Å². The molecule has 44 heavy (non-hydrogen) atoms. The summed E-state index contributed by atoms with van der Waals surface area (Å²) in [7, 11) is 3.85. The molecule has 0 unspecified atom stereocenters. The SMILES string of the molecule is CCOc1cc2nc(CC)c(C#N)c(Nc3ccc(OCc4ccc(CC)nc4)c(Cl)c3)c2cc1NC(=O)/C=C/CN(C)C. The molecule has 0 bridgehead atoms. The standard InChI is InChI=1S/C34H37ClN6O3/c1-6-23-12-11-22(20-37-23)21-44-31-14-13-24(16-27(31)35)38-34-25-17-30(40-33(42)10-9-15-41(4)5)32(43-8-3)18-29(25)39-28(7-2)26(34)19-36/h9-14,16-18,20H,6-8,15,21H2,1-5H3,(H,38,39)(H,40,42)/b10-9+. The van der Waals surface area contributed by atoms with E-state index < -0.39 is 0 Å². The lowest BCUT2D eigenvalue weighted by Crippen LogP contribution is -2.13. The molecule has 1 amide bonds. The molecule has 4 aromatic rings. The summed E-state index contributed by atoms with van der Waals surface area (Å²) in [4.78, 5) is 23.9. The number of hydrogen-bond acceptors (Lipinski definition) is 8. The number of aryl methyl sites for hydroxylation is 2. The largest absolute Gasteiger partial charge is 0.492 e. The first kappa shape index (κ1) is 32.3. The van der Waals surface area contributed by atoms with Crippen LogP contribution in [0, 0.1) is 11.3 Å². The predicted molar refractivity (Wildman–Crippen MR) is 176 cm³/mol. The van der Waals surface area contributed by atoms with Gasteiger partial charge in [0.2, 0.25) is 5.91 Å². The maximum Gasteiger partial charge on any atom is 0.248 e. The quantitative estimate of drug-likeness (QED) is 0.154. The molecule has 0 aliphatic heterocycles. The van der Waals surface area contributed by atoms with E-state index in [9.17, 15) is 10.1 Å². The van der Waals surface area contributed by atoms with E-state index in [-0.39, 0.29) is 5.91 Å². The van der Waals surface area contributed by atoms with Crippen molar-refractivity contribution in [1.82, 2.24) is 14.9 Å². The smallest absolute Gasteiger partial charge is 0.248 e. The molecule has 10 heteroatoms. The van der Waals surface area contributed by atoms with Crippen molar-refractivity contribution in [3.63, 3.8) is 0 Å². The molecule has 9 nitrogen and oxygen atoms in total. The molecule has 0 radical (unpaired) electrons. The third kappa shape index (κ3) is 8.04. The van der Waals surface area contributed by atoms with Crippen molar-refractivity contribution in [2.75, 3.05) is 37.9 Å². The topological polar surface area (TPSA) is 112 Å². The van der Waals surface area contributed by atoms with Crippen molar-refractivity contribution in [2.24, 2.45) is 0 Å². The van der Waals surface area contributed by atoms with Crippen molar-refractivity contribution in [2.45, 2.75) is 40.2 Å². The Kier molecular flexibility index (Phi) is 11.1. The molecule has 0 saturated carbocycles. The van der Waals surface area contributed by atoms with Gasteiger partial charge in [-0.2, -0.15) is 5.26 Å². The van der Waals surface area contributed by atoms with Crippen LogP contribution < -0.4 is 20.1 Å². The van der Waals surface area contributed by atoms with E-state index in [0.29, 0.717) is 81.9 Å². The summed E-state index contributed by atoms with van der Waals surface area (Å²) in [5, 5.41) is 17.6. The van der Waals surface area contributed by atoms with Crippen LogP contribution >= 0.6 is 11.6 Å². The van der Waals surface area contributed by atoms with Gasteiger partial charge in [0.25, 0.3) is 0 Å². The molecule has 228 valence electrons. The zero-order valence-electron chi connectivity index (χ0n) is 25.7. The van der Waals surface area contributed by atoms with Gasteiger partial charge >= 0.3 is 0 Å². The molecule has 0 fully saturated rings. The van der Waals surface area contributed by atoms with Crippen molar-refractivity contribution in [1.29, 1.82) is 5.26 Å². The fraction of sp³-hybridized carbons (Fsp3) is 0.294. The minimum atomic E-state index is -0.292. The van der Waals surface area contributed by atoms with E-state index in [2.05, 4.69) is 28.6 Å². The van der Waals surface area contributed by atoms with Gasteiger partial charge in [0.1, 0.15) is 24.2 Å². The zero-order chi connectivity index (χ0) is 31.6. The Labute approximate surface area is 263 Å². The summed E-state index contributed by atoms with van der Waals surface area (Å²) in [6.45, 7) is 7.25. The number of hydrogen-bond donors (Lipinski definition) is 2. The summed E-state index contributed by atoms with van der Waals surface area (Å²) in [5.74, 6) is 0.725. The summed E-state index contributed by atoms with van der Waals surface area (Å²) in [6.07, 6.45) is 6.50. The normalized spacial score (nSPS) is 11.1. The summed E-state index contributed by atoms with van der Waals surface area (Å²) < 4.78 is 11.8. The summed E-state index contributed by atoms with van der Waals surface area (Å²) >= 11 is 6.63. The number of nitrogens with zero attached hydrogens (tertiary/aromatic N) is 4. The molecule has 2 N–H and O–H groups in total. The molecular formula is C34H37ClN6O3. The number of nitriles is 1. The highest BCUT2D eigenvalue weighted by molar-refractivity contribution is 6.32. The van der Waals surface area contributed by atoms with Gasteiger partial charge in [-0.05, 0) is 64.2 Å². The molecule has 2 aromatic heterocycles. The molecular weight excluding hydrogens is 576 g/mol. The second kappa shape index (κ2) is 15.2. The van der Waals surface area contributed by atoms with E-state index in [0.717, 1.165) is 17.7 Å². The van der Waals surface area contributed by atoms with E-state index >= 15 is 0 Å². The number of benzene rings is 2. The van der Waals surface area contributed by atoms with Gasteiger partial charge in [0.15, 0.2) is 0 Å². The lowest BCUT2D eigenvalue weighted by atomic mass is 10.0. The second-order valence-electron chi connectivity index (χ2n) is 10.3. The number of amides is 1. The minimum absolute atomic E-state index is 0.292. The molecule has 0 spiro atoms. The predicted octanol–water partition coefficient (Wildman–Crippen LogP) is 7.06. The summed E-state index contributed by atoms with van der Waals surface area (Å²) in [6, 6.07) is 15.2. The number of halogens is 1. The Balaban J connectivity index is 1.68. The van der Waals surface area contributed by atoms with Crippen LogP contribution in [-0.2, 0) is 24.2 Å². The molecule has 0 saturated heterocycles. The fourth-order valence-electron chi connectivity index (χ4n) is 4.52. The van der Waals surface area contributed by atoms with Crippen LogP contribution in [0.15, 0.2) is 60.8 Å². The maximum absolute atomic E-state index is 12.7. The van der Waals surface area contributed by atoms with Gasteiger partial charge in [0, 0.05) is 47.2 Å². The first-order valence-electron chi connectivity index (χ1n) is 14.5. The van der Waals surface area contributed by atoms with Crippen molar-refractivity contribution < 1.29 is 14.3 Å². The number of ether oxygens (including phenoxy) is 2. The van der Waals surface area contributed by atoms with Gasteiger partial charge in [-0.1, -0.05) is 37.6 Å². The highest BCUT2D eigenvalue weighted by Crippen LogP contribution is 2.38. The number of nitrogens with one attached hydrogen (secondary N) is 2. The Morgan fingerprint density at radius 3 is 2.52 bits per heavy atom. The molecule has 0 aliphatic rings. The van der Waals surface area contributed by atoms with Crippen LogP contribution in [0.2, 0.25) is 5.02 Å². The average Bonchev–Trinajstić information content (AvgIpc) is 3.01. The third-order valence-electron chi connectivity index (χ3n) is 6.75. The van der Waals surface area contributed by atoms with E-state index in [4.69, 9.17) is 26.1 Å². The Morgan fingerprint density at radius 1 is 1.07 bits per heavy atom. The number of carbonyl (C=O) groups excluding carboxylic acids is 1. The molecule has 0 aliphatic carbocycles. The lowest BCUT2D eigenvalue weighted by Gasteiger charge is -2.18. The summed E-state index contributed by atoms with van der Waals surface area (Å²) in [5.41, 5.74) is 5.33. The van der Waals surface area contributed by atoms with Crippen LogP contribution in [0.1, 0.15) is 43.3 Å². The monoisotopic (exact) mass is 612 g/mol.